The lowest BCUT2D eigenvalue weighted by Crippen LogP contribution is -2.25. The van der Waals surface area contributed by atoms with Gasteiger partial charge in [0.2, 0.25) is 0 Å². The molecular weight excluding hydrogens is 258 g/mol. The molecule has 0 aliphatic heterocycles. The second-order valence-corrected chi connectivity index (χ2v) is 5.72. The SMILES string of the molecule is CNCc1ccc(CNC2CCCc3cccnc32)cc1. The van der Waals surface area contributed by atoms with Crippen molar-refractivity contribution >= 4 is 0 Å². The molecule has 1 aromatic heterocycles. The van der Waals surface area contributed by atoms with Crippen LogP contribution in [0.1, 0.15) is 41.3 Å². The molecule has 3 heteroatoms. The van der Waals surface area contributed by atoms with Crippen LogP contribution < -0.4 is 10.6 Å². The average molecular weight is 281 g/mol. The highest BCUT2D eigenvalue weighted by Gasteiger charge is 2.20. The monoisotopic (exact) mass is 281 g/mol. The van der Waals surface area contributed by atoms with Crippen LogP contribution in [0.15, 0.2) is 42.6 Å². The number of aryl methyl sites for hydroxylation is 1. The van der Waals surface area contributed by atoms with Crippen molar-refractivity contribution in [3.05, 3.63) is 65.0 Å². The van der Waals surface area contributed by atoms with E-state index in [1.54, 1.807) is 0 Å². The zero-order chi connectivity index (χ0) is 14.5. The number of benzene rings is 1. The smallest absolute Gasteiger partial charge is 0.0605 e. The van der Waals surface area contributed by atoms with Gasteiger partial charge in [0, 0.05) is 19.3 Å². The summed E-state index contributed by atoms with van der Waals surface area (Å²) >= 11 is 0. The van der Waals surface area contributed by atoms with Gasteiger partial charge in [0.15, 0.2) is 0 Å². The molecule has 0 amide bonds. The number of hydrogen-bond donors (Lipinski definition) is 2. The van der Waals surface area contributed by atoms with E-state index < -0.39 is 0 Å². The summed E-state index contributed by atoms with van der Waals surface area (Å²) in [5.41, 5.74) is 5.31. The molecule has 110 valence electrons. The van der Waals surface area contributed by atoms with E-state index in [2.05, 4.69) is 45.9 Å². The molecule has 0 saturated carbocycles. The topological polar surface area (TPSA) is 37.0 Å². The van der Waals surface area contributed by atoms with Crippen molar-refractivity contribution in [2.45, 2.75) is 38.4 Å². The molecule has 0 spiro atoms. The molecule has 0 saturated heterocycles. The van der Waals surface area contributed by atoms with Gasteiger partial charge < -0.3 is 10.6 Å². The maximum Gasteiger partial charge on any atom is 0.0605 e. The van der Waals surface area contributed by atoms with Crippen LogP contribution >= 0.6 is 0 Å². The molecular formula is C18H23N3. The van der Waals surface area contributed by atoms with Crippen molar-refractivity contribution in [2.24, 2.45) is 0 Å². The molecule has 0 radical (unpaired) electrons. The highest BCUT2D eigenvalue weighted by Crippen LogP contribution is 2.27. The van der Waals surface area contributed by atoms with Crippen LogP contribution in [0.5, 0.6) is 0 Å². The minimum absolute atomic E-state index is 0.395. The van der Waals surface area contributed by atoms with E-state index >= 15 is 0 Å². The Morgan fingerprint density at radius 3 is 2.62 bits per heavy atom. The van der Waals surface area contributed by atoms with Gasteiger partial charge in [0.25, 0.3) is 0 Å². The fourth-order valence-corrected chi connectivity index (χ4v) is 3.03. The molecule has 1 aliphatic carbocycles. The van der Waals surface area contributed by atoms with E-state index in [9.17, 15) is 0 Å². The van der Waals surface area contributed by atoms with Gasteiger partial charge in [0.05, 0.1) is 11.7 Å². The minimum atomic E-state index is 0.395. The minimum Gasteiger partial charge on any atom is -0.316 e. The molecule has 3 rings (SSSR count). The number of rotatable bonds is 5. The van der Waals surface area contributed by atoms with Crippen LogP contribution in [0.4, 0.5) is 0 Å². The van der Waals surface area contributed by atoms with Crippen LogP contribution in [0.25, 0.3) is 0 Å². The van der Waals surface area contributed by atoms with Crippen molar-refractivity contribution in [1.29, 1.82) is 0 Å². The number of hydrogen-bond acceptors (Lipinski definition) is 3. The summed E-state index contributed by atoms with van der Waals surface area (Å²) in [7, 11) is 1.98. The molecule has 1 unspecified atom stereocenters. The van der Waals surface area contributed by atoms with E-state index in [1.165, 1.54) is 41.6 Å². The first kappa shape index (κ1) is 14.2. The predicted molar refractivity (Wildman–Crippen MR) is 86.0 cm³/mol. The Balaban J connectivity index is 1.63. The molecule has 2 aromatic rings. The van der Waals surface area contributed by atoms with E-state index in [4.69, 9.17) is 0 Å². The second-order valence-electron chi connectivity index (χ2n) is 5.72. The Morgan fingerprint density at radius 2 is 1.86 bits per heavy atom. The summed E-state index contributed by atoms with van der Waals surface area (Å²) < 4.78 is 0. The molecule has 0 bridgehead atoms. The van der Waals surface area contributed by atoms with Crippen molar-refractivity contribution in [3.8, 4) is 0 Å². The van der Waals surface area contributed by atoms with E-state index in [-0.39, 0.29) is 0 Å². The molecule has 0 fully saturated rings. The van der Waals surface area contributed by atoms with E-state index in [0.717, 1.165) is 13.1 Å². The fraction of sp³-hybridized carbons (Fsp3) is 0.389. The van der Waals surface area contributed by atoms with E-state index in [1.807, 2.05) is 19.3 Å². The predicted octanol–water partition coefficient (Wildman–Crippen LogP) is 2.97. The third-order valence-electron chi connectivity index (χ3n) is 4.15. The molecule has 1 aliphatic rings. The largest absolute Gasteiger partial charge is 0.316 e. The average Bonchev–Trinajstić information content (AvgIpc) is 2.54. The van der Waals surface area contributed by atoms with Crippen LogP contribution in [0.3, 0.4) is 0 Å². The highest BCUT2D eigenvalue weighted by molar-refractivity contribution is 5.26. The van der Waals surface area contributed by atoms with Crippen molar-refractivity contribution in [2.75, 3.05) is 7.05 Å². The highest BCUT2D eigenvalue weighted by atomic mass is 14.9. The Morgan fingerprint density at radius 1 is 1.10 bits per heavy atom. The number of pyridine rings is 1. The van der Waals surface area contributed by atoms with Gasteiger partial charge in [-0.1, -0.05) is 30.3 Å². The summed E-state index contributed by atoms with van der Waals surface area (Å²) in [5.74, 6) is 0. The Kier molecular flexibility index (Phi) is 4.63. The van der Waals surface area contributed by atoms with Crippen LogP contribution in [0.2, 0.25) is 0 Å². The summed E-state index contributed by atoms with van der Waals surface area (Å²) in [5, 5.41) is 6.84. The van der Waals surface area contributed by atoms with Gasteiger partial charge in [-0.15, -0.1) is 0 Å². The van der Waals surface area contributed by atoms with Crippen molar-refractivity contribution in [1.82, 2.24) is 15.6 Å². The summed E-state index contributed by atoms with van der Waals surface area (Å²) in [4.78, 5) is 4.58. The lowest BCUT2D eigenvalue weighted by Gasteiger charge is -2.25. The molecule has 1 atom stereocenters. The van der Waals surface area contributed by atoms with Crippen molar-refractivity contribution in [3.63, 3.8) is 0 Å². The second kappa shape index (κ2) is 6.83. The normalized spacial score (nSPS) is 17.5. The molecule has 3 nitrogen and oxygen atoms in total. The third-order valence-corrected chi connectivity index (χ3v) is 4.15. The maximum absolute atomic E-state index is 4.58. The van der Waals surface area contributed by atoms with Gasteiger partial charge in [-0.2, -0.15) is 0 Å². The fourth-order valence-electron chi connectivity index (χ4n) is 3.03. The van der Waals surface area contributed by atoms with Gasteiger partial charge in [-0.25, -0.2) is 0 Å². The Labute approximate surface area is 126 Å². The lowest BCUT2D eigenvalue weighted by molar-refractivity contribution is 0.447. The van der Waals surface area contributed by atoms with E-state index in [0.29, 0.717) is 6.04 Å². The number of aromatic nitrogens is 1. The van der Waals surface area contributed by atoms with Crippen LogP contribution in [-0.2, 0) is 19.5 Å². The van der Waals surface area contributed by atoms with Crippen LogP contribution in [-0.4, -0.2) is 12.0 Å². The molecule has 1 aromatic carbocycles. The number of nitrogens with zero attached hydrogens (tertiary/aromatic N) is 1. The van der Waals surface area contributed by atoms with Gasteiger partial charge in [0.1, 0.15) is 0 Å². The molecule has 21 heavy (non-hydrogen) atoms. The first-order chi connectivity index (χ1) is 10.4. The third kappa shape index (κ3) is 3.49. The zero-order valence-corrected chi connectivity index (χ0v) is 12.6. The quantitative estimate of drug-likeness (QED) is 0.884. The first-order valence-electron chi connectivity index (χ1n) is 7.76. The summed E-state index contributed by atoms with van der Waals surface area (Å²) in [6.45, 7) is 1.83. The Hall–Kier alpha value is -1.71. The van der Waals surface area contributed by atoms with Gasteiger partial charge in [-0.05, 0) is 49.1 Å². The summed E-state index contributed by atoms with van der Waals surface area (Å²) in [6.07, 6.45) is 5.50. The van der Waals surface area contributed by atoms with Gasteiger partial charge in [-0.3, -0.25) is 4.98 Å². The Bertz CT molecular complexity index is 577. The van der Waals surface area contributed by atoms with Crippen molar-refractivity contribution < 1.29 is 0 Å². The summed E-state index contributed by atoms with van der Waals surface area (Å²) in [6, 6.07) is 13.5. The molecule has 2 N–H and O–H groups in total. The lowest BCUT2D eigenvalue weighted by atomic mass is 9.92. The standard InChI is InChI=1S/C18H23N3/c1-19-12-14-7-9-15(10-8-14)13-21-17-6-2-4-16-5-3-11-20-18(16)17/h3,5,7-11,17,19,21H,2,4,6,12-13H2,1H3. The number of nitrogens with one attached hydrogen (secondary N) is 2. The molecule has 1 heterocycles. The van der Waals surface area contributed by atoms with Gasteiger partial charge >= 0.3 is 0 Å². The maximum atomic E-state index is 4.58. The zero-order valence-electron chi connectivity index (χ0n) is 12.6. The van der Waals surface area contributed by atoms with Crippen LogP contribution in [0, 0.1) is 0 Å². The number of fused-ring (bicyclic) bond motifs is 1. The first-order valence-corrected chi connectivity index (χ1v) is 7.76.